The van der Waals surface area contributed by atoms with Crippen LogP contribution in [0.1, 0.15) is 56.4 Å². The van der Waals surface area contributed by atoms with Gasteiger partial charge in [-0.05, 0) is 56.7 Å². The predicted molar refractivity (Wildman–Crippen MR) is 76.9 cm³/mol. The molecule has 1 aromatic rings. The molecule has 2 fully saturated rings. The third kappa shape index (κ3) is 2.77. The number of nitrogens with zero attached hydrogens (tertiary/aromatic N) is 1. The average molecular weight is 243 g/mol. The minimum absolute atomic E-state index is 0.812. The first kappa shape index (κ1) is 12.2. The van der Waals surface area contributed by atoms with Crippen LogP contribution in [-0.2, 0) is 0 Å². The summed E-state index contributed by atoms with van der Waals surface area (Å²) in [6, 6.07) is 12.0. The van der Waals surface area contributed by atoms with Crippen molar-refractivity contribution in [2.75, 3.05) is 13.1 Å². The number of benzene rings is 1. The third-order valence-electron chi connectivity index (χ3n) is 4.82. The monoisotopic (exact) mass is 243 g/mol. The van der Waals surface area contributed by atoms with Crippen molar-refractivity contribution in [2.24, 2.45) is 0 Å². The first-order valence-corrected chi connectivity index (χ1v) is 7.72. The first-order valence-electron chi connectivity index (χ1n) is 7.72. The molecule has 1 aromatic carbocycles. The lowest BCUT2D eigenvalue weighted by Gasteiger charge is -2.39. The summed E-state index contributed by atoms with van der Waals surface area (Å²) in [7, 11) is 0. The second kappa shape index (κ2) is 5.88. The number of hydrogen-bond acceptors (Lipinski definition) is 1. The Kier molecular flexibility index (Phi) is 3.99. The maximum atomic E-state index is 2.78. The van der Waals surface area contributed by atoms with Crippen molar-refractivity contribution in [1.29, 1.82) is 0 Å². The average Bonchev–Trinajstić information content (AvgIpc) is 2.49. The van der Waals surface area contributed by atoms with E-state index >= 15 is 0 Å². The molecule has 1 nitrogen and oxygen atoms in total. The molecule has 0 amide bonds. The van der Waals surface area contributed by atoms with E-state index in [4.69, 9.17) is 0 Å². The minimum Gasteiger partial charge on any atom is -0.300 e. The predicted octanol–water partition coefficient (Wildman–Crippen LogP) is 4.20. The smallest absolute Gasteiger partial charge is 0.0101 e. The van der Waals surface area contributed by atoms with Crippen LogP contribution < -0.4 is 0 Å². The lowest BCUT2D eigenvalue weighted by atomic mass is 9.80. The highest BCUT2D eigenvalue weighted by molar-refractivity contribution is 5.20. The van der Waals surface area contributed by atoms with Crippen molar-refractivity contribution in [3.8, 4) is 0 Å². The molecule has 0 aromatic heterocycles. The highest BCUT2D eigenvalue weighted by atomic mass is 15.2. The fourth-order valence-electron chi connectivity index (χ4n) is 3.81. The molecular weight excluding hydrogens is 218 g/mol. The summed E-state index contributed by atoms with van der Waals surface area (Å²) >= 11 is 0. The van der Waals surface area contributed by atoms with E-state index in [-0.39, 0.29) is 0 Å². The molecule has 18 heavy (non-hydrogen) atoms. The highest BCUT2D eigenvalue weighted by Gasteiger charge is 2.27. The molecular formula is C17H25N. The summed E-state index contributed by atoms with van der Waals surface area (Å²) in [6.07, 6.45) is 9.94. The van der Waals surface area contributed by atoms with Gasteiger partial charge in [-0.2, -0.15) is 0 Å². The van der Waals surface area contributed by atoms with Crippen molar-refractivity contribution in [2.45, 2.75) is 56.9 Å². The van der Waals surface area contributed by atoms with Gasteiger partial charge in [0.25, 0.3) is 0 Å². The number of piperidine rings is 1. The van der Waals surface area contributed by atoms with Crippen molar-refractivity contribution < 1.29 is 0 Å². The molecule has 1 heterocycles. The molecule has 1 aliphatic carbocycles. The van der Waals surface area contributed by atoms with Crippen LogP contribution in [-0.4, -0.2) is 24.0 Å². The lowest BCUT2D eigenvalue weighted by Crippen LogP contribution is -2.41. The minimum atomic E-state index is 0.812. The Morgan fingerprint density at radius 3 is 2.39 bits per heavy atom. The number of rotatable bonds is 2. The van der Waals surface area contributed by atoms with E-state index in [0.717, 1.165) is 12.0 Å². The zero-order valence-electron chi connectivity index (χ0n) is 11.4. The van der Waals surface area contributed by atoms with Gasteiger partial charge in [-0.25, -0.2) is 0 Å². The summed E-state index contributed by atoms with van der Waals surface area (Å²) < 4.78 is 0. The molecule has 1 heteroatoms. The van der Waals surface area contributed by atoms with Crippen LogP contribution in [0.25, 0.3) is 0 Å². The van der Waals surface area contributed by atoms with Gasteiger partial charge in [0.2, 0.25) is 0 Å². The van der Waals surface area contributed by atoms with Gasteiger partial charge in [-0.1, -0.05) is 43.2 Å². The van der Waals surface area contributed by atoms with Crippen LogP contribution >= 0.6 is 0 Å². The van der Waals surface area contributed by atoms with Crippen molar-refractivity contribution in [1.82, 2.24) is 4.90 Å². The standard InChI is InChI=1S/C17H25N/c1-3-8-15(9-4-1)16-10-7-11-17(14-16)18-12-5-2-6-13-18/h1,3-4,8-9,16-17H,2,5-7,10-14H2. The summed E-state index contributed by atoms with van der Waals surface area (Å²) in [5.74, 6) is 0.812. The van der Waals surface area contributed by atoms with Crippen LogP contribution in [0.3, 0.4) is 0 Å². The lowest BCUT2D eigenvalue weighted by molar-refractivity contribution is 0.123. The van der Waals surface area contributed by atoms with Gasteiger partial charge < -0.3 is 4.90 Å². The Hall–Kier alpha value is -0.820. The maximum Gasteiger partial charge on any atom is 0.0101 e. The Morgan fingerprint density at radius 1 is 0.833 bits per heavy atom. The zero-order valence-corrected chi connectivity index (χ0v) is 11.4. The second-order valence-corrected chi connectivity index (χ2v) is 6.02. The van der Waals surface area contributed by atoms with Gasteiger partial charge in [0.1, 0.15) is 0 Å². The van der Waals surface area contributed by atoms with Crippen LogP contribution in [0.4, 0.5) is 0 Å². The molecule has 1 saturated heterocycles. The number of likely N-dealkylation sites (tertiary alicyclic amines) is 1. The topological polar surface area (TPSA) is 3.24 Å². The largest absolute Gasteiger partial charge is 0.300 e. The molecule has 0 radical (unpaired) electrons. The Morgan fingerprint density at radius 2 is 1.61 bits per heavy atom. The molecule has 2 atom stereocenters. The third-order valence-corrected chi connectivity index (χ3v) is 4.82. The fraction of sp³-hybridized carbons (Fsp3) is 0.647. The van der Waals surface area contributed by atoms with E-state index in [0.29, 0.717) is 0 Å². The van der Waals surface area contributed by atoms with E-state index in [1.807, 2.05) is 0 Å². The van der Waals surface area contributed by atoms with E-state index in [1.54, 1.807) is 5.56 Å². The molecule has 0 bridgehead atoms. The quantitative estimate of drug-likeness (QED) is 0.752. The summed E-state index contributed by atoms with van der Waals surface area (Å²) in [4.78, 5) is 2.78. The zero-order chi connectivity index (χ0) is 12.2. The first-order chi connectivity index (χ1) is 8.93. The summed E-state index contributed by atoms with van der Waals surface area (Å²) in [5.41, 5.74) is 1.57. The molecule has 0 N–H and O–H groups in total. The van der Waals surface area contributed by atoms with Gasteiger partial charge in [0, 0.05) is 6.04 Å². The van der Waals surface area contributed by atoms with Gasteiger partial charge >= 0.3 is 0 Å². The molecule has 0 spiro atoms. The van der Waals surface area contributed by atoms with E-state index in [2.05, 4.69) is 35.2 Å². The molecule has 3 rings (SSSR count). The van der Waals surface area contributed by atoms with Crippen molar-refractivity contribution in [3.63, 3.8) is 0 Å². The molecule has 1 aliphatic heterocycles. The van der Waals surface area contributed by atoms with E-state index < -0.39 is 0 Å². The highest BCUT2D eigenvalue weighted by Crippen LogP contribution is 2.35. The van der Waals surface area contributed by atoms with Gasteiger partial charge in [0.05, 0.1) is 0 Å². The normalized spacial score (nSPS) is 30.2. The summed E-state index contributed by atoms with van der Waals surface area (Å²) in [5, 5.41) is 0. The maximum absolute atomic E-state index is 2.78. The Balaban J connectivity index is 1.64. The van der Waals surface area contributed by atoms with Crippen LogP contribution in [0, 0.1) is 0 Å². The molecule has 1 saturated carbocycles. The summed E-state index contributed by atoms with van der Waals surface area (Å²) in [6.45, 7) is 2.71. The molecule has 2 aliphatic rings. The SMILES string of the molecule is c1ccc(C2CCCC(N3CCCCC3)C2)cc1. The van der Waals surface area contributed by atoms with E-state index in [1.165, 1.54) is 58.0 Å². The second-order valence-electron chi connectivity index (χ2n) is 6.02. The Bertz CT molecular complexity index is 353. The number of hydrogen-bond donors (Lipinski definition) is 0. The van der Waals surface area contributed by atoms with Crippen molar-refractivity contribution in [3.05, 3.63) is 35.9 Å². The van der Waals surface area contributed by atoms with Crippen LogP contribution in [0.5, 0.6) is 0 Å². The van der Waals surface area contributed by atoms with Crippen LogP contribution in [0.15, 0.2) is 30.3 Å². The van der Waals surface area contributed by atoms with Gasteiger partial charge in [-0.15, -0.1) is 0 Å². The Labute approximate surface area is 111 Å². The van der Waals surface area contributed by atoms with Gasteiger partial charge in [-0.3, -0.25) is 0 Å². The fourth-order valence-corrected chi connectivity index (χ4v) is 3.81. The van der Waals surface area contributed by atoms with Crippen molar-refractivity contribution >= 4 is 0 Å². The van der Waals surface area contributed by atoms with Crippen LogP contribution in [0.2, 0.25) is 0 Å². The molecule has 98 valence electrons. The van der Waals surface area contributed by atoms with Gasteiger partial charge in [0.15, 0.2) is 0 Å². The van der Waals surface area contributed by atoms with E-state index in [9.17, 15) is 0 Å². The molecule has 2 unspecified atom stereocenters.